The monoisotopic (exact) mass is 252 g/mol. The molecular weight excluding hydrogens is 236 g/mol. The number of nitrogens with zero attached hydrogens (tertiary/aromatic N) is 1. The van der Waals surface area contributed by atoms with E-state index >= 15 is 0 Å². The Balaban J connectivity index is 1.66. The Labute approximate surface area is 112 Å². The topological polar surface area (TPSA) is 42.0 Å². The maximum absolute atomic E-state index is 12.2. The van der Waals surface area contributed by atoms with Gasteiger partial charge in [0, 0.05) is 18.9 Å². The number of benzene rings is 1. The lowest BCUT2D eigenvalue weighted by Gasteiger charge is -2.12. The molecular formula is C16H16N2O. The van der Waals surface area contributed by atoms with E-state index in [0.29, 0.717) is 6.54 Å². The van der Waals surface area contributed by atoms with Crippen molar-refractivity contribution in [1.82, 2.24) is 10.3 Å². The smallest absolute Gasteiger partial charge is 0.227 e. The van der Waals surface area contributed by atoms with E-state index in [4.69, 9.17) is 0 Å². The van der Waals surface area contributed by atoms with Gasteiger partial charge in [0.2, 0.25) is 5.91 Å². The summed E-state index contributed by atoms with van der Waals surface area (Å²) in [6, 6.07) is 12.1. The molecule has 0 saturated carbocycles. The van der Waals surface area contributed by atoms with Gasteiger partial charge in [0.05, 0.1) is 5.92 Å². The summed E-state index contributed by atoms with van der Waals surface area (Å²) in [5.41, 5.74) is 3.53. The minimum atomic E-state index is 0.00729. The van der Waals surface area contributed by atoms with Crippen LogP contribution in [0.25, 0.3) is 0 Å². The maximum Gasteiger partial charge on any atom is 0.227 e. The lowest BCUT2D eigenvalue weighted by atomic mass is 10.0. The molecule has 1 amide bonds. The molecule has 0 radical (unpaired) electrons. The van der Waals surface area contributed by atoms with Gasteiger partial charge in [-0.1, -0.05) is 30.3 Å². The first kappa shape index (κ1) is 11.9. The number of aromatic nitrogens is 1. The molecule has 1 aliphatic rings. The molecule has 0 bridgehead atoms. The molecule has 3 heteroatoms. The molecule has 1 N–H and O–H groups in total. The highest BCUT2D eigenvalue weighted by Crippen LogP contribution is 2.32. The molecule has 1 heterocycles. The average molecular weight is 252 g/mol. The Kier molecular flexibility index (Phi) is 3.27. The van der Waals surface area contributed by atoms with Gasteiger partial charge >= 0.3 is 0 Å². The first-order valence-electron chi connectivity index (χ1n) is 6.59. The van der Waals surface area contributed by atoms with Gasteiger partial charge in [-0.15, -0.1) is 0 Å². The van der Waals surface area contributed by atoms with Crippen LogP contribution < -0.4 is 5.32 Å². The van der Waals surface area contributed by atoms with Crippen LogP contribution in [-0.2, 0) is 17.8 Å². The van der Waals surface area contributed by atoms with E-state index in [1.807, 2.05) is 24.3 Å². The first-order chi connectivity index (χ1) is 9.34. The molecule has 0 saturated heterocycles. The summed E-state index contributed by atoms with van der Waals surface area (Å²) >= 11 is 0. The van der Waals surface area contributed by atoms with Crippen molar-refractivity contribution >= 4 is 5.91 Å². The van der Waals surface area contributed by atoms with E-state index in [0.717, 1.165) is 18.4 Å². The number of carbonyl (C=O) groups is 1. The third-order valence-corrected chi connectivity index (χ3v) is 3.64. The zero-order chi connectivity index (χ0) is 13.1. The van der Waals surface area contributed by atoms with Crippen LogP contribution in [0.3, 0.4) is 0 Å². The van der Waals surface area contributed by atoms with Crippen LogP contribution >= 0.6 is 0 Å². The van der Waals surface area contributed by atoms with Crippen LogP contribution in [0.1, 0.15) is 29.0 Å². The number of rotatable bonds is 3. The van der Waals surface area contributed by atoms with Crippen LogP contribution in [0.2, 0.25) is 0 Å². The summed E-state index contributed by atoms with van der Waals surface area (Å²) in [6.07, 6.45) is 5.43. The molecule has 1 aromatic heterocycles. The number of hydrogen-bond acceptors (Lipinski definition) is 2. The van der Waals surface area contributed by atoms with Crippen molar-refractivity contribution in [2.45, 2.75) is 25.3 Å². The number of pyridine rings is 1. The van der Waals surface area contributed by atoms with E-state index in [-0.39, 0.29) is 11.8 Å². The fourth-order valence-electron chi connectivity index (χ4n) is 2.64. The van der Waals surface area contributed by atoms with E-state index in [1.54, 1.807) is 12.4 Å². The predicted octanol–water partition coefficient (Wildman–Crippen LogP) is 2.43. The van der Waals surface area contributed by atoms with Crippen molar-refractivity contribution in [3.8, 4) is 0 Å². The summed E-state index contributed by atoms with van der Waals surface area (Å²) in [7, 11) is 0. The molecule has 0 spiro atoms. The molecule has 0 unspecified atom stereocenters. The molecule has 3 rings (SSSR count). The quantitative estimate of drug-likeness (QED) is 0.911. The van der Waals surface area contributed by atoms with Gasteiger partial charge in [0.1, 0.15) is 0 Å². The predicted molar refractivity (Wildman–Crippen MR) is 73.6 cm³/mol. The number of fused-ring (bicyclic) bond motifs is 1. The van der Waals surface area contributed by atoms with Gasteiger partial charge in [-0.3, -0.25) is 9.78 Å². The van der Waals surface area contributed by atoms with Crippen LogP contribution in [0.5, 0.6) is 0 Å². The Bertz CT molecular complexity index is 580. The van der Waals surface area contributed by atoms with Gasteiger partial charge in [-0.05, 0) is 35.6 Å². The summed E-state index contributed by atoms with van der Waals surface area (Å²) in [5.74, 6) is 0.127. The zero-order valence-corrected chi connectivity index (χ0v) is 10.7. The number of carbonyl (C=O) groups excluding carboxylic acids is 1. The zero-order valence-electron chi connectivity index (χ0n) is 10.7. The highest BCUT2D eigenvalue weighted by molar-refractivity contribution is 5.84. The van der Waals surface area contributed by atoms with Crippen LogP contribution in [0.4, 0.5) is 0 Å². The Morgan fingerprint density at radius 2 is 2.16 bits per heavy atom. The van der Waals surface area contributed by atoms with Crippen LogP contribution in [0.15, 0.2) is 48.8 Å². The molecule has 0 fully saturated rings. The van der Waals surface area contributed by atoms with Gasteiger partial charge in [-0.25, -0.2) is 0 Å². The molecule has 3 nitrogen and oxygen atoms in total. The van der Waals surface area contributed by atoms with E-state index < -0.39 is 0 Å². The minimum absolute atomic E-state index is 0.00729. The van der Waals surface area contributed by atoms with E-state index in [1.165, 1.54) is 11.1 Å². The van der Waals surface area contributed by atoms with Crippen molar-refractivity contribution in [3.05, 3.63) is 65.5 Å². The van der Waals surface area contributed by atoms with E-state index in [2.05, 4.69) is 22.4 Å². The third kappa shape index (κ3) is 2.50. The maximum atomic E-state index is 12.2. The van der Waals surface area contributed by atoms with Gasteiger partial charge in [-0.2, -0.15) is 0 Å². The molecule has 1 aliphatic carbocycles. The molecule has 1 atom stereocenters. The largest absolute Gasteiger partial charge is 0.351 e. The molecule has 19 heavy (non-hydrogen) atoms. The van der Waals surface area contributed by atoms with E-state index in [9.17, 15) is 4.79 Å². The van der Waals surface area contributed by atoms with Crippen molar-refractivity contribution in [2.75, 3.05) is 0 Å². The van der Waals surface area contributed by atoms with Crippen LogP contribution in [-0.4, -0.2) is 10.9 Å². The summed E-state index contributed by atoms with van der Waals surface area (Å²) < 4.78 is 0. The number of nitrogens with one attached hydrogen (secondary N) is 1. The fraction of sp³-hybridized carbons (Fsp3) is 0.250. The number of amides is 1. The second kappa shape index (κ2) is 5.22. The van der Waals surface area contributed by atoms with Crippen LogP contribution in [0, 0.1) is 0 Å². The molecule has 1 aromatic carbocycles. The summed E-state index contributed by atoms with van der Waals surface area (Å²) in [5, 5.41) is 3.00. The molecule has 2 aromatic rings. The van der Waals surface area contributed by atoms with Gasteiger partial charge in [0.25, 0.3) is 0 Å². The van der Waals surface area contributed by atoms with Gasteiger partial charge < -0.3 is 5.32 Å². The summed E-state index contributed by atoms with van der Waals surface area (Å²) in [6.45, 7) is 0.547. The Hall–Kier alpha value is -2.16. The van der Waals surface area contributed by atoms with Crippen molar-refractivity contribution in [2.24, 2.45) is 0 Å². The lowest BCUT2D eigenvalue weighted by molar-refractivity contribution is -0.122. The third-order valence-electron chi connectivity index (χ3n) is 3.64. The van der Waals surface area contributed by atoms with Gasteiger partial charge in [0.15, 0.2) is 0 Å². The Morgan fingerprint density at radius 3 is 3.00 bits per heavy atom. The van der Waals surface area contributed by atoms with Crippen molar-refractivity contribution in [3.63, 3.8) is 0 Å². The molecule has 0 aliphatic heterocycles. The minimum Gasteiger partial charge on any atom is -0.351 e. The number of aryl methyl sites for hydroxylation is 1. The SMILES string of the molecule is O=C(NCc1cccnc1)[C@H]1CCc2ccccc21. The second-order valence-corrected chi connectivity index (χ2v) is 4.87. The normalized spacial score (nSPS) is 16.9. The average Bonchev–Trinajstić information content (AvgIpc) is 2.90. The standard InChI is InChI=1S/C16H16N2O/c19-16(18-11-12-4-3-9-17-10-12)15-8-7-13-5-1-2-6-14(13)15/h1-6,9-10,15H,7-8,11H2,(H,18,19)/t15-/m0/s1. The molecule has 96 valence electrons. The van der Waals surface area contributed by atoms with Crippen molar-refractivity contribution in [1.29, 1.82) is 0 Å². The summed E-state index contributed by atoms with van der Waals surface area (Å²) in [4.78, 5) is 16.3. The fourth-order valence-corrected chi connectivity index (χ4v) is 2.64. The highest BCUT2D eigenvalue weighted by atomic mass is 16.1. The first-order valence-corrected chi connectivity index (χ1v) is 6.59. The van der Waals surface area contributed by atoms with Crippen molar-refractivity contribution < 1.29 is 4.79 Å². The highest BCUT2D eigenvalue weighted by Gasteiger charge is 2.27. The Morgan fingerprint density at radius 1 is 1.26 bits per heavy atom. The number of hydrogen-bond donors (Lipinski definition) is 1. The second-order valence-electron chi connectivity index (χ2n) is 4.87. The lowest BCUT2D eigenvalue weighted by Crippen LogP contribution is -2.27.